The van der Waals surface area contributed by atoms with Crippen LogP contribution in [0.2, 0.25) is 5.28 Å². The number of rotatable bonds is 1. The van der Waals surface area contributed by atoms with Gasteiger partial charge in [0, 0.05) is 11.6 Å². The van der Waals surface area contributed by atoms with E-state index in [0.717, 1.165) is 11.0 Å². The van der Waals surface area contributed by atoms with Gasteiger partial charge in [-0.15, -0.1) is 0 Å². The first-order valence-electron chi connectivity index (χ1n) is 4.80. The Balaban J connectivity index is 2.19. The molecule has 0 aliphatic carbocycles. The van der Waals surface area contributed by atoms with E-state index >= 15 is 0 Å². The van der Waals surface area contributed by atoms with Gasteiger partial charge in [-0.3, -0.25) is 0 Å². The minimum absolute atomic E-state index is 0.220. The summed E-state index contributed by atoms with van der Waals surface area (Å²) in [6.45, 7) is 0. The Morgan fingerprint density at radius 2 is 2.00 bits per heavy atom. The van der Waals surface area contributed by atoms with Crippen molar-refractivity contribution in [3.63, 3.8) is 0 Å². The van der Waals surface area contributed by atoms with Crippen molar-refractivity contribution in [1.29, 1.82) is 0 Å². The SMILES string of the molecule is Clc1nccc(-c2cc3ccccc3o2)n1. The van der Waals surface area contributed by atoms with Gasteiger partial charge in [0.25, 0.3) is 0 Å². The van der Waals surface area contributed by atoms with Crippen molar-refractivity contribution in [2.24, 2.45) is 0 Å². The second-order valence-electron chi connectivity index (χ2n) is 3.36. The Hall–Kier alpha value is -1.87. The molecule has 0 saturated heterocycles. The molecule has 3 aromatic rings. The van der Waals surface area contributed by atoms with E-state index in [1.54, 1.807) is 12.3 Å². The van der Waals surface area contributed by atoms with Crippen LogP contribution in [-0.4, -0.2) is 9.97 Å². The average Bonchev–Trinajstić information content (AvgIpc) is 2.72. The highest BCUT2D eigenvalue weighted by Gasteiger charge is 2.07. The third-order valence-electron chi connectivity index (χ3n) is 2.30. The summed E-state index contributed by atoms with van der Waals surface area (Å²) in [5.41, 5.74) is 1.53. The molecule has 0 radical (unpaired) electrons. The van der Waals surface area contributed by atoms with Crippen LogP contribution in [0.25, 0.3) is 22.4 Å². The standard InChI is InChI=1S/C12H7ClN2O/c13-12-14-6-5-9(15-12)11-7-8-3-1-2-4-10(8)16-11/h1-7H. The number of hydrogen-bond donors (Lipinski definition) is 0. The normalized spacial score (nSPS) is 10.8. The van der Waals surface area contributed by atoms with Crippen LogP contribution < -0.4 is 0 Å². The fourth-order valence-electron chi connectivity index (χ4n) is 1.58. The molecule has 0 atom stereocenters. The lowest BCUT2D eigenvalue weighted by atomic mass is 10.2. The summed E-state index contributed by atoms with van der Waals surface area (Å²) in [6.07, 6.45) is 1.61. The molecule has 0 N–H and O–H groups in total. The van der Waals surface area contributed by atoms with Gasteiger partial charge in [-0.2, -0.15) is 0 Å². The monoisotopic (exact) mass is 230 g/mol. The number of benzene rings is 1. The highest BCUT2D eigenvalue weighted by molar-refractivity contribution is 6.28. The van der Waals surface area contributed by atoms with Crippen molar-refractivity contribution in [2.75, 3.05) is 0 Å². The zero-order valence-corrected chi connectivity index (χ0v) is 8.98. The molecule has 78 valence electrons. The van der Waals surface area contributed by atoms with Crippen molar-refractivity contribution in [2.45, 2.75) is 0 Å². The first-order chi connectivity index (χ1) is 7.83. The maximum absolute atomic E-state index is 5.73. The van der Waals surface area contributed by atoms with Crippen LogP contribution in [0.5, 0.6) is 0 Å². The second-order valence-corrected chi connectivity index (χ2v) is 3.70. The second kappa shape index (κ2) is 3.61. The summed E-state index contributed by atoms with van der Waals surface area (Å²) in [7, 11) is 0. The van der Waals surface area contributed by atoms with E-state index in [1.165, 1.54) is 0 Å². The Labute approximate surface area is 96.7 Å². The summed E-state index contributed by atoms with van der Waals surface area (Å²) in [4.78, 5) is 7.93. The molecule has 3 nitrogen and oxygen atoms in total. The lowest BCUT2D eigenvalue weighted by molar-refractivity contribution is 0.628. The summed E-state index contributed by atoms with van der Waals surface area (Å²) in [5.74, 6) is 0.700. The Bertz CT molecular complexity index is 615. The minimum Gasteiger partial charge on any atom is -0.454 e. The Morgan fingerprint density at radius 3 is 2.81 bits per heavy atom. The fraction of sp³-hybridized carbons (Fsp3) is 0. The van der Waals surface area contributed by atoms with Gasteiger partial charge >= 0.3 is 0 Å². The summed E-state index contributed by atoms with van der Waals surface area (Å²) >= 11 is 5.73. The molecular formula is C12H7ClN2O. The third-order valence-corrected chi connectivity index (χ3v) is 2.49. The number of aromatic nitrogens is 2. The van der Waals surface area contributed by atoms with Gasteiger partial charge in [0.1, 0.15) is 11.3 Å². The number of halogens is 1. The quantitative estimate of drug-likeness (QED) is 0.600. The zero-order valence-electron chi connectivity index (χ0n) is 8.22. The van der Waals surface area contributed by atoms with Crippen molar-refractivity contribution < 1.29 is 4.42 Å². The van der Waals surface area contributed by atoms with Gasteiger partial charge in [0.2, 0.25) is 5.28 Å². The van der Waals surface area contributed by atoms with Crippen LogP contribution in [0.3, 0.4) is 0 Å². The molecule has 2 aromatic heterocycles. The number of para-hydroxylation sites is 1. The van der Waals surface area contributed by atoms with Gasteiger partial charge in [0.15, 0.2) is 5.76 Å². The van der Waals surface area contributed by atoms with E-state index in [0.29, 0.717) is 11.5 Å². The van der Waals surface area contributed by atoms with Crippen LogP contribution >= 0.6 is 11.6 Å². The van der Waals surface area contributed by atoms with Gasteiger partial charge in [-0.05, 0) is 29.8 Å². The summed E-state index contributed by atoms with van der Waals surface area (Å²) in [5, 5.41) is 1.27. The van der Waals surface area contributed by atoms with Crippen molar-refractivity contribution in [1.82, 2.24) is 9.97 Å². The molecule has 0 saturated carbocycles. The van der Waals surface area contributed by atoms with Crippen LogP contribution in [0.1, 0.15) is 0 Å². The molecule has 4 heteroatoms. The van der Waals surface area contributed by atoms with Crippen LogP contribution in [-0.2, 0) is 0 Å². The molecule has 3 rings (SSSR count). The molecule has 0 spiro atoms. The van der Waals surface area contributed by atoms with Gasteiger partial charge in [-0.1, -0.05) is 18.2 Å². The first-order valence-corrected chi connectivity index (χ1v) is 5.18. The Kier molecular flexibility index (Phi) is 2.11. The fourth-order valence-corrected chi connectivity index (χ4v) is 1.73. The predicted octanol–water partition coefficient (Wildman–Crippen LogP) is 3.54. The molecule has 0 fully saturated rings. The largest absolute Gasteiger partial charge is 0.454 e. The summed E-state index contributed by atoms with van der Waals surface area (Å²) in [6, 6.07) is 11.5. The Morgan fingerprint density at radius 1 is 1.12 bits per heavy atom. The molecule has 2 heterocycles. The van der Waals surface area contributed by atoms with E-state index in [9.17, 15) is 0 Å². The molecule has 0 aliphatic rings. The van der Waals surface area contributed by atoms with Gasteiger partial charge < -0.3 is 4.42 Å². The van der Waals surface area contributed by atoms with Gasteiger partial charge in [0.05, 0.1) is 0 Å². The smallest absolute Gasteiger partial charge is 0.222 e. The molecule has 16 heavy (non-hydrogen) atoms. The molecule has 0 aliphatic heterocycles. The molecule has 0 amide bonds. The van der Waals surface area contributed by atoms with E-state index in [4.69, 9.17) is 16.0 Å². The van der Waals surface area contributed by atoms with Crippen molar-refractivity contribution in [3.05, 3.63) is 47.9 Å². The maximum atomic E-state index is 5.73. The minimum atomic E-state index is 0.220. The van der Waals surface area contributed by atoms with E-state index in [1.807, 2.05) is 30.3 Å². The summed E-state index contributed by atoms with van der Waals surface area (Å²) < 4.78 is 5.66. The third kappa shape index (κ3) is 1.55. The molecule has 0 unspecified atom stereocenters. The number of hydrogen-bond acceptors (Lipinski definition) is 3. The number of furan rings is 1. The lowest BCUT2D eigenvalue weighted by Gasteiger charge is -1.94. The lowest BCUT2D eigenvalue weighted by Crippen LogP contribution is -1.83. The van der Waals surface area contributed by atoms with Crippen LogP contribution in [0, 0.1) is 0 Å². The van der Waals surface area contributed by atoms with E-state index < -0.39 is 0 Å². The van der Waals surface area contributed by atoms with E-state index in [-0.39, 0.29) is 5.28 Å². The van der Waals surface area contributed by atoms with Crippen LogP contribution in [0.4, 0.5) is 0 Å². The van der Waals surface area contributed by atoms with Crippen LogP contribution in [0.15, 0.2) is 47.0 Å². The molecular weight excluding hydrogens is 224 g/mol. The molecule has 0 bridgehead atoms. The number of fused-ring (bicyclic) bond motifs is 1. The number of nitrogens with zero attached hydrogens (tertiary/aromatic N) is 2. The predicted molar refractivity (Wildman–Crippen MR) is 62.3 cm³/mol. The zero-order chi connectivity index (χ0) is 11.0. The molecule has 1 aromatic carbocycles. The van der Waals surface area contributed by atoms with Crippen molar-refractivity contribution in [3.8, 4) is 11.5 Å². The highest BCUT2D eigenvalue weighted by Crippen LogP contribution is 2.26. The van der Waals surface area contributed by atoms with E-state index in [2.05, 4.69) is 9.97 Å². The average molecular weight is 231 g/mol. The first kappa shape index (κ1) is 9.36. The van der Waals surface area contributed by atoms with Gasteiger partial charge in [-0.25, -0.2) is 9.97 Å². The van der Waals surface area contributed by atoms with Crippen molar-refractivity contribution >= 4 is 22.6 Å². The maximum Gasteiger partial charge on any atom is 0.222 e. The topological polar surface area (TPSA) is 38.9 Å². The highest BCUT2D eigenvalue weighted by atomic mass is 35.5.